The average Bonchev–Trinajstić information content (AvgIpc) is 3.25. The van der Waals surface area contributed by atoms with E-state index in [9.17, 15) is 0 Å². The van der Waals surface area contributed by atoms with E-state index in [-0.39, 0.29) is 12.4 Å². The number of benzene rings is 2. The van der Waals surface area contributed by atoms with Crippen molar-refractivity contribution in [3.05, 3.63) is 56.0 Å². The molecule has 0 unspecified atom stereocenters. The summed E-state index contributed by atoms with van der Waals surface area (Å²) in [5.41, 5.74) is 8.80. The summed E-state index contributed by atoms with van der Waals surface area (Å²) >= 11 is 13.9. The van der Waals surface area contributed by atoms with Crippen molar-refractivity contribution in [2.24, 2.45) is 0 Å². The van der Waals surface area contributed by atoms with Crippen LogP contribution in [0.4, 0.5) is 5.82 Å². The fourth-order valence-electron chi connectivity index (χ4n) is 3.97. The number of fused-ring (bicyclic) bond motifs is 2. The predicted molar refractivity (Wildman–Crippen MR) is 144 cm³/mol. The number of anilines is 1. The summed E-state index contributed by atoms with van der Waals surface area (Å²) < 4.78 is 11.7. The van der Waals surface area contributed by atoms with Gasteiger partial charge in [0.05, 0.1) is 28.4 Å². The third-order valence-electron chi connectivity index (χ3n) is 5.84. The van der Waals surface area contributed by atoms with E-state index in [0.29, 0.717) is 50.7 Å². The van der Waals surface area contributed by atoms with Gasteiger partial charge in [0.2, 0.25) is 0 Å². The van der Waals surface area contributed by atoms with Gasteiger partial charge in [-0.1, -0.05) is 30.1 Å². The largest absolute Gasteiger partial charge is 0.493 e. The van der Waals surface area contributed by atoms with Crippen LogP contribution in [-0.2, 0) is 19.6 Å². The Morgan fingerprint density at radius 3 is 2.66 bits per heavy atom. The van der Waals surface area contributed by atoms with Crippen molar-refractivity contribution in [1.29, 1.82) is 0 Å². The lowest BCUT2D eigenvalue weighted by molar-refractivity contribution is 0.269. The van der Waals surface area contributed by atoms with Gasteiger partial charge in [-0.3, -0.25) is 4.90 Å². The molecule has 0 fully saturated rings. The molecule has 0 spiro atoms. The summed E-state index contributed by atoms with van der Waals surface area (Å²) in [6, 6.07) is 8.85. The first-order valence-corrected chi connectivity index (χ1v) is 12.5. The van der Waals surface area contributed by atoms with E-state index in [1.54, 1.807) is 42.7 Å². The molecule has 35 heavy (non-hydrogen) atoms. The van der Waals surface area contributed by atoms with Crippen molar-refractivity contribution >= 4 is 63.7 Å². The highest BCUT2D eigenvalue weighted by molar-refractivity contribution is 7.11. The summed E-state index contributed by atoms with van der Waals surface area (Å²) in [4.78, 5) is 17.7. The summed E-state index contributed by atoms with van der Waals surface area (Å²) in [6.07, 6.45) is 0.979. The lowest BCUT2D eigenvalue weighted by Crippen LogP contribution is -2.29. The van der Waals surface area contributed by atoms with Gasteiger partial charge in [-0.05, 0) is 30.8 Å². The Kier molecular flexibility index (Phi) is 7.88. The maximum Gasteiger partial charge on any atom is 0.163 e. The van der Waals surface area contributed by atoms with Crippen LogP contribution >= 0.6 is 46.9 Å². The first-order valence-electron chi connectivity index (χ1n) is 10.9. The number of nitrogens with zero attached hydrogens (tertiary/aromatic N) is 4. The number of rotatable bonds is 6. The molecule has 0 atom stereocenters. The number of likely N-dealkylation sites (N-methyl/N-ethyl adjacent to an activating group) is 1. The van der Waals surface area contributed by atoms with Gasteiger partial charge in [0, 0.05) is 41.4 Å². The van der Waals surface area contributed by atoms with Crippen molar-refractivity contribution < 1.29 is 9.47 Å². The second kappa shape index (κ2) is 10.7. The van der Waals surface area contributed by atoms with Gasteiger partial charge in [-0.25, -0.2) is 15.0 Å². The smallest absolute Gasteiger partial charge is 0.163 e. The molecule has 4 aromatic rings. The Morgan fingerprint density at radius 2 is 1.91 bits per heavy atom. The minimum atomic E-state index is 0. The molecule has 0 bridgehead atoms. The van der Waals surface area contributed by atoms with Crippen molar-refractivity contribution in [2.75, 3.05) is 25.9 Å². The Labute approximate surface area is 223 Å². The van der Waals surface area contributed by atoms with E-state index >= 15 is 0 Å². The van der Waals surface area contributed by atoms with Crippen LogP contribution in [0.2, 0.25) is 10.0 Å². The number of hydrogen-bond acceptors (Lipinski definition) is 8. The van der Waals surface area contributed by atoms with Crippen LogP contribution in [0, 0.1) is 0 Å². The Balaban J connectivity index is 0.00000289. The van der Waals surface area contributed by atoms with Crippen LogP contribution in [0.1, 0.15) is 22.5 Å². The highest BCUT2D eigenvalue weighted by atomic mass is 35.5. The predicted octanol–water partition coefficient (Wildman–Crippen LogP) is 6.03. The summed E-state index contributed by atoms with van der Waals surface area (Å²) in [7, 11) is 1.59. The topological polar surface area (TPSA) is 86.4 Å². The van der Waals surface area contributed by atoms with Crippen LogP contribution in [0.25, 0.3) is 22.3 Å². The molecule has 2 N–H and O–H groups in total. The first-order chi connectivity index (χ1) is 16.4. The number of halogens is 3. The second-order valence-corrected chi connectivity index (χ2v) is 9.95. The number of methoxy groups -OCH3 is 1. The molecule has 0 amide bonds. The number of hydrogen-bond donors (Lipinski definition) is 1. The SMILES string of the molecule is CCN1CCc2nc(COc3cc4nc(-c5ccc(Cl)c(Cl)c5)nc(N)c4cc3OC)sc2C1.Cl. The molecule has 0 aliphatic carbocycles. The second-order valence-electron chi connectivity index (χ2n) is 7.97. The standard InChI is InChI=1S/C24H23Cl2N5O2S.ClH/c1-3-31-7-6-17-21(11-31)34-22(28-17)12-33-20-10-18-14(9-19(20)32-2)23(27)30-24(29-18)13-4-5-15(25)16(26)8-13;/h4-5,8-10H,3,6-7,11-12H2,1-2H3,(H2,27,29,30);1H. The molecule has 0 saturated heterocycles. The fourth-order valence-corrected chi connectivity index (χ4v) is 5.34. The van der Waals surface area contributed by atoms with E-state index in [2.05, 4.69) is 16.8 Å². The van der Waals surface area contributed by atoms with E-state index < -0.39 is 0 Å². The number of aromatic nitrogens is 3. The summed E-state index contributed by atoms with van der Waals surface area (Å²) in [6.45, 7) is 5.59. The fraction of sp³-hybridized carbons (Fsp3) is 0.292. The molecule has 0 radical (unpaired) electrons. The van der Waals surface area contributed by atoms with Crippen molar-refractivity contribution in [2.45, 2.75) is 26.5 Å². The number of nitrogen functional groups attached to an aromatic ring is 1. The normalized spacial score (nSPS) is 13.4. The minimum Gasteiger partial charge on any atom is -0.493 e. The van der Waals surface area contributed by atoms with Gasteiger partial charge in [-0.15, -0.1) is 23.7 Å². The van der Waals surface area contributed by atoms with Crippen molar-refractivity contribution in [1.82, 2.24) is 19.9 Å². The van der Waals surface area contributed by atoms with Crippen molar-refractivity contribution in [3.8, 4) is 22.9 Å². The molecular formula is C24H24Cl3N5O2S. The van der Waals surface area contributed by atoms with Crippen LogP contribution in [-0.4, -0.2) is 40.1 Å². The zero-order valence-electron chi connectivity index (χ0n) is 19.2. The number of ether oxygens (including phenoxy) is 2. The molecule has 5 rings (SSSR count). The average molecular weight is 553 g/mol. The maximum absolute atomic E-state index is 6.26. The lowest BCUT2D eigenvalue weighted by Gasteiger charge is -2.23. The van der Waals surface area contributed by atoms with Gasteiger partial charge in [-0.2, -0.15) is 0 Å². The van der Waals surface area contributed by atoms with E-state index in [1.165, 1.54) is 10.6 Å². The molecule has 3 heterocycles. The van der Waals surface area contributed by atoms with Crippen LogP contribution < -0.4 is 15.2 Å². The third kappa shape index (κ3) is 5.27. The molecule has 11 heteroatoms. The van der Waals surface area contributed by atoms with Crippen molar-refractivity contribution in [3.63, 3.8) is 0 Å². The van der Waals surface area contributed by atoms with E-state index in [4.69, 9.17) is 48.4 Å². The third-order valence-corrected chi connectivity index (χ3v) is 7.64. The Hall–Kier alpha value is -2.36. The van der Waals surface area contributed by atoms with Gasteiger partial charge in [0.1, 0.15) is 17.4 Å². The maximum atomic E-state index is 6.26. The zero-order chi connectivity index (χ0) is 23.8. The molecule has 0 saturated carbocycles. The summed E-state index contributed by atoms with van der Waals surface area (Å²) in [5.74, 6) is 1.91. The lowest BCUT2D eigenvalue weighted by atomic mass is 10.1. The Bertz CT molecular complexity index is 1380. The van der Waals surface area contributed by atoms with Crippen LogP contribution in [0.3, 0.4) is 0 Å². The van der Waals surface area contributed by atoms with Gasteiger partial charge in [0.25, 0.3) is 0 Å². The number of nitrogens with two attached hydrogens (primary N) is 1. The highest BCUT2D eigenvalue weighted by Crippen LogP contribution is 2.36. The molecule has 1 aliphatic rings. The molecular weight excluding hydrogens is 529 g/mol. The monoisotopic (exact) mass is 551 g/mol. The Morgan fingerprint density at radius 1 is 1.09 bits per heavy atom. The van der Waals surface area contributed by atoms with E-state index in [0.717, 1.165) is 36.6 Å². The molecule has 184 valence electrons. The minimum absolute atomic E-state index is 0. The molecule has 1 aliphatic heterocycles. The highest BCUT2D eigenvalue weighted by Gasteiger charge is 2.20. The van der Waals surface area contributed by atoms with Crippen LogP contribution in [0.5, 0.6) is 11.5 Å². The zero-order valence-corrected chi connectivity index (χ0v) is 22.3. The number of thiazole rings is 1. The van der Waals surface area contributed by atoms with Gasteiger partial charge in [0.15, 0.2) is 17.3 Å². The summed E-state index contributed by atoms with van der Waals surface area (Å²) in [5, 5.41) is 2.51. The quantitative estimate of drug-likeness (QED) is 0.312. The van der Waals surface area contributed by atoms with E-state index in [1.807, 2.05) is 6.07 Å². The van der Waals surface area contributed by atoms with Crippen LogP contribution in [0.15, 0.2) is 30.3 Å². The van der Waals surface area contributed by atoms with Gasteiger partial charge >= 0.3 is 0 Å². The molecule has 2 aromatic carbocycles. The van der Waals surface area contributed by atoms with Gasteiger partial charge < -0.3 is 15.2 Å². The molecule has 7 nitrogen and oxygen atoms in total. The first kappa shape index (κ1) is 25.7. The molecule has 2 aromatic heterocycles.